The molecule has 4 aromatic rings. The highest BCUT2D eigenvalue weighted by Gasteiger charge is 2.14. The number of hydrogen-bond acceptors (Lipinski definition) is 6. The van der Waals surface area contributed by atoms with Crippen molar-refractivity contribution in [1.29, 1.82) is 0 Å². The van der Waals surface area contributed by atoms with E-state index in [-0.39, 0.29) is 18.2 Å². The molecule has 0 aliphatic carbocycles. The zero-order valence-corrected chi connectivity index (χ0v) is 16.9. The van der Waals surface area contributed by atoms with E-state index in [0.29, 0.717) is 16.5 Å². The fourth-order valence-corrected chi connectivity index (χ4v) is 4.28. The topological polar surface area (TPSA) is 84.2 Å². The van der Waals surface area contributed by atoms with E-state index < -0.39 is 0 Å². The van der Waals surface area contributed by atoms with Gasteiger partial charge in [-0.15, -0.1) is 11.3 Å². The molecule has 4 rings (SSSR count). The number of thiophene rings is 1. The van der Waals surface area contributed by atoms with E-state index in [9.17, 15) is 9.59 Å². The Hall–Kier alpha value is -3.10. The van der Waals surface area contributed by atoms with Gasteiger partial charge in [0, 0.05) is 16.2 Å². The summed E-state index contributed by atoms with van der Waals surface area (Å²) in [6, 6.07) is 18.6. The molecule has 0 aliphatic heterocycles. The Morgan fingerprint density at radius 2 is 1.83 bits per heavy atom. The Morgan fingerprint density at radius 1 is 1.00 bits per heavy atom. The van der Waals surface area contributed by atoms with Crippen LogP contribution in [0.4, 0.5) is 0 Å². The molecule has 0 radical (unpaired) electrons. The highest BCUT2D eigenvalue weighted by atomic mass is 32.2. The van der Waals surface area contributed by atoms with Crippen molar-refractivity contribution in [2.24, 2.45) is 0 Å². The quantitative estimate of drug-likeness (QED) is 0.359. The van der Waals surface area contributed by atoms with Crippen molar-refractivity contribution in [2.45, 2.75) is 17.4 Å². The summed E-state index contributed by atoms with van der Waals surface area (Å²) in [6.45, 7) is 0. The minimum Gasteiger partial charge on any atom is -0.431 e. The minimum atomic E-state index is -0.363. The third-order valence-corrected chi connectivity index (χ3v) is 5.87. The van der Waals surface area contributed by atoms with Gasteiger partial charge in [0.25, 0.3) is 11.1 Å². The second kappa shape index (κ2) is 8.93. The van der Waals surface area contributed by atoms with Crippen molar-refractivity contribution in [3.63, 3.8) is 0 Å². The van der Waals surface area contributed by atoms with Gasteiger partial charge in [0.2, 0.25) is 5.91 Å². The van der Waals surface area contributed by atoms with Crippen LogP contribution >= 0.6 is 23.1 Å². The maximum Gasteiger partial charge on any atom is 0.269 e. The predicted octanol–water partition coefficient (Wildman–Crippen LogP) is 4.19. The Morgan fingerprint density at radius 3 is 2.66 bits per heavy atom. The Bertz CT molecular complexity index is 1110. The highest BCUT2D eigenvalue weighted by molar-refractivity contribution is 7.98. The molecule has 6 nitrogen and oxygen atoms in total. The second-order valence-electron chi connectivity index (χ2n) is 6.15. The van der Waals surface area contributed by atoms with E-state index in [1.165, 1.54) is 23.1 Å². The number of para-hydroxylation sites is 2. The molecular formula is C21H17N3O3S2. The number of carbonyl (C=O) groups is 2. The van der Waals surface area contributed by atoms with E-state index in [2.05, 4.69) is 15.8 Å². The summed E-state index contributed by atoms with van der Waals surface area (Å²) in [7, 11) is 0. The Labute approximate surface area is 175 Å². The number of hydrazine groups is 1. The molecule has 29 heavy (non-hydrogen) atoms. The van der Waals surface area contributed by atoms with Crippen LogP contribution in [0.5, 0.6) is 0 Å². The van der Waals surface area contributed by atoms with Crippen LogP contribution in [-0.2, 0) is 17.0 Å². The molecule has 146 valence electrons. The lowest BCUT2D eigenvalue weighted by atomic mass is 10.1. The van der Waals surface area contributed by atoms with Crippen LogP contribution < -0.4 is 10.9 Å². The summed E-state index contributed by atoms with van der Waals surface area (Å²) in [6.07, 6.45) is 0.229. The zero-order chi connectivity index (χ0) is 20.1. The van der Waals surface area contributed by atoms with Gasteiger partial charge in [-0.3, -0.25) is 20.4 Å². The average molecular weight is 424 g/mol. The molecule has 2 N–H and O–H groups in total. The van der Waals surface area contributed by atoms with Gasteiger partial charge in [-0.05, 0) is 35.2 Å². The number of benzene rings is 2. The van der Waals surface area contributed by atoms with Crippen molar-refractivity contribution in [1.82, 2.24) is 15.8 Å². The fraction of sp³-hybridized carbons (Fsp3) is 0.0952. The number of oxazole rings is 1. The van der Waals surface area contributed by atoms with Gasteiger partial charge in [0.05, 0.1) is 6.42 Å². The van der Waals surface area contributed by atoms with Gasteiger partial charge >= 0.3 is 0 Å². The van der Waals surface area contributed by atoms with Crippen molar-refractivity contribution < 1.29 is 14.0 Å². The molecular weight excluding hydrogens is 406 g/mol. The van der Waals surface area contributed by atoms with Crippen LogP contribution in [0.1, 0.15) is 20.8 Å². The third-order valence-electron chi connectivity index (χ3n) is 4.12. The molecule has 0 saturated carbocycles. The first-order chi connectivity index (χ1) is 14.2. The maximum atomic E-state index is 12.6. The molecule has 0 atom stereocenters. The molecule has 0 saturated heterocycles. The fourth-order valence-electron chi connectivity index (χ4n) is 2.73. The lowest BCUT2D eigenvalue weighted by molar-refractivity contribution is -0.121. The summed E-state index contributed by atoms with van der Waals surface area (Å²) < 4.78 is 5.71. The summed E-state index contributed by atoms with van der Waals surface area (Å²) in [4.78, 5) is 29.9. The first-order valence-corrected chi connectivity index (χ1v) is 10.7. The molecule has 0 unspecified atom stereocenters. The summed E-state index contributed by atoms with van der Waals surface area (Å²) >= 11 is 2.91. The summed E-state index contributed by atoms with van der Waals surface area (Å²) in [5.41, 5.74) is 7.81. The van der Waals surface area contributed by atoms with Gasteiger partial charge in [0.15, 0.2) is 5.58 Å². The number of hydrogen-bond donors (Lipinski definition) is 2. The number of nitrogens with zero attached hydrogens (tertiary/aromatic N) is 1. The van der Waals surface area contributed by atoms with Crippen LogP contribution in [0, 0.1) is 0 Å². The standard InChI is InChI=1S/C21H17N3O3S2/c25-19(12-15-7-5-11-28-15)23-24-20(26)16-8-2-1-6-14(16)13-29-21-22-17-9-3-4-10-18(17)27-21/h1-11H,12-13H2,(H,23,25)(H,24,26). The van der Waals surface area contributed by atoms with Crippen LogP contribution in [-0.4, -0.2) is 16.8 Å². The van der Waals surface area contributed by atoms with Crippen LogP contribution in [0.15, 0.2) is 75.7 Å². The molecule has 2 aromatic heterocycles. The van der Waals surface area contributed by atoms with Crippen molar-refractivity contribution >= 4 is 46.0 Å². The molecule has 0 aliphatic rings. The molecule has 0 fully saturated rings. The molecule has 2 heterocycles. The summed E-state index contributed by atoms with van der Waals surface area (Å²) in [5.74, 6) is -0.114. The number of aromatic nitrogens is 1. The van der Waals surface area contributed by atoms with E-state index >= 15 is 0 Å². The zero-order valence-electron chi connectivity index (χ0n) is 15.3. The second-order valence-corrected chi connectivity index (χ2v) is 8.11. The predicted molar refractivity (Wildman–Crippen MR) is 114 cm³/mol. The van der Waals surface area contributed by atoms with E-state index in [0.717, 1.165) is 21.5 Å². The average Bonchev–Trinajstić information content (AvgIpc) is 3.40. The number of thioether (sulfide) groups is 1. The first-order valence-electron chi connectivity index (χ1n) is 8.87. The van der Waals surface area contributed by atoms with Crippen molar-refractivity contribution in [3.8, 4) is 0 Å². The molecule has 2 aromatic carbocycles. The number of fused-ring (bicyclic) bond motifs is 1. The number of carbonyl (C=O) groups excluding carboxylic acids is 2. The highest BCUT2D eigenvalue weighted by Crippen LogP contribution is 2.27. The van der Waals surface area contributed by atoms with Gasteiger partial charge < -0.3 is 4.42 Å². The van der Waals surface area contributed by atoms with Gasteiger partial charge in [-0.2, -0.15) is 0 Å². The van der Waals surface area contributed by atoms with E-state index in [1.54, 1.807) is 12.1 Å². The minimum absolute atomic E-state index is 0.229. The largest absolute Gasteiger partial charge is 0.431 e. The monoisotopic (exact) mass is 423 g/mol. The lowest BCUT2D eigenvalue weighted by Crippen LogP contribution is -2.42. The molecule has 2 amide bonds. The van der Waals surface area contributed by atoms with Crippen LogP contribution in [0.2, 0.25) is 0 Å². The van der Waals surface area contributed by atoms with Crippen LogP contribution in [0.3, 0.4) is 0 Å². The van der Waals surface area contributed by atoms with Gasteiger partial charge in [-0.1, -0.05) is 48.2 Å². The van der Waals surface area contributed by atoms with E-state index in [4.69, 9.17) is 4.42 Å². The van der Waals surface area contributed by atoms with Gasteiger partial charge in [0.1, 0.15) is 5.52 Å². The number of rotatable bonds is 6. The number of nitrogens with one attached hydrogen (secondary N) is 2. The smallest absolute Gasteiger partial charge is 0.269 e. The third kappa shape index (κ3) is 4.85. The maximum absolute atomic E-state index is 12.6. The first kappa shape index (κ1) is 19.2. The van der Waals surface area contributed by atoms with Gasteiger partial charge in [-0.25, -0.2) is 4.98 Å². The molecule has 0 bridgehead atoms. The number of amides is 2. The SMILES string of the molecule is O=C(Cc1cccs1)NNC(=O)c1ccccc1CSc1nc2ccccc2o1. The van der Waals surface area contributed by atoms with Crippen molar-refractivity contribution in [2.75, 3.05) is 0 Å². The molecule has 0 spiro atoms. The Kier molecular flexibility index (Phi) is 5.92. The van der Waals surface area contributed by atoms with Crippen molar-refractivity contribution in [3.05, 3.63) is 82.0 Å². The normalized spacial score (nSPS) is 10.8. The summed E-state index contributed by atoms with van der Waals surface area (Å²) in [5, 5.41) is 2.46. The molecule has 8 heteroatoms. The van der Waals surface area contributed by atoms with E-state index in [1.807, 2.05) is 53.9 Å². The lowest BCUT2D eigenvalue weighted by Gasteiger charge is -2.10. The van der Waals surface area contributed by atoms with Crippen LogP contribution in [0.25, 0.3) is 11.1 Å². The Balaban J connectivity index is 1.38.